The molecule has 2 N–H and O–H groups in total. The predicted octanol–water partition coefficient (Wildman–Crippen LogP) is 3.62. The zero-order valence-corrected chi connectivity index (χ0v) is 10.7. The fraction of sp³-hybridized carbons (Fsp3) is 0.143. The minimum Gasteiger partial charge on any atom is -0.504 e. The molecule has 0 saturated heterocycles. The number of aromatic hydroxyl groups is 1. The van der Waals surface area contributed by atoms with Crippen LogP contribution in [0.5, 0.6) is 11.5 Å². The molecule has 0 saturated carbocycles. The molecular weight excluding hydrogens is 246 g/mol. The van der Waals surface area contributed by atoms with Crippen LogP contribution in [0.15, 0.2) is 47.4 Å². The highest BCUT2D eigenvalue weighted by Gasteiger charge is 2.25. The van der Waals surface area contributed by atoms with Gasteiger partial charge in [0.25, 0.3) is 0 Å². The first-order chi connectivity index (χ1) is 8.79. The highest BCUT2D eigenvalue weighted by Crippen LogP contribution is 2.49. The van der Waals surface area contributed by atoms with Gasteiger partial charge in [-0.1, -0.05) is 36.0 Å². The number of anilines is 1. The van der Waals surface area contributed by atoms with E-state index in [1.807, 2.05) is 30.3 Å². The molecule has 4 heteroatoms. The summed E-state index contributed by atoms with van der Waals surface area (Å²) < 4.78 is 5.14. The number of nitrogens with one attached hydrogen (secondary N) is 1. The summed E-state index contributed by atoms with van der Waals surface area (Å²) in [6.07, 6.45) is 0. The van der Waals surface area contributed by atoms with Gasteiger partial charge in [-0.25, -0.2) is 0 Å². The summed E-state index contributed by atoms with van der Waals surface area (Å²) in [7, 11) is 1.56. The molecule has 1 aliphatic rings. The van der Waals surface area contributed by atoms with Crippen LogP contribution in [0.4, 0.5) is 5.69 Å². The molecule has 1 heterocycles. The summed E-state index contributed by atoms with van der Waals surface area (Å²) in [5, 5.41) is 13.6. The lowest BCUT2D eigenvalue weighted by molar-refractivity contribution is 0.371. The van der Waals surface area contributed by atoms with E-state index in [4.69, 9.17) is 4.74 Å². The number of thioether (sulfide) groups is 1. The highest BCUT2D eigenvalue weighted by molar-refractivity contribution is 8.00. The monoisotopic (exact) mass is 259 g/mol. The van der Waals surface area contributed by atoms with Gasteiger partial charge in [-0.3, -0.25) is 0 Å². The van der Waals surface area contributed by atoms with Crippen LogP contribution >= 0.6 is 11.8 Å². The Bertz CT molecular complexity index is 561. The van der Waals surface area contributed by atoms with Gasteiger partial charge < -0.3 is 15.2 Å². The first kappa shape index (κ1) is 11.3. The summed E-state index contributed by atoms with van der Waals surface area (Å²) >= 11 is 1.70. The van der Waals surface area contributed by atoms with Crippen molar-refractivity contribution in [3.8, 4) is 11.5 Å². The second-order valence-electron chi connectivity index (χ2n) is 4.04. The molecule has 0 fully saturated rings. The molecule has 0 amide bonds. The molecule has 1 unspecified atom stereocenters. The zero-order chi connectivity index (χ0) is 12.5. The molecule has 3 nitrogen and oxygen atoms in total. The van der Waals surface area contributed by atoms with E-state index < -0.39 is 0 Å². The summed E-state index contributed by atoms with van der Waals surface area (Å²) in [5.74, 6) is 0.712. The van der Waals surface area contributed by atoms with Gasteiger partial charge in [0, 0.05) is 16.1 Å². The normalized spacial score (nSPS) is 17.1. The Morgan fingerprint density at radius 2 is 2.00 bits per heavy atom. The van der Waals surface area contributed by atoms with E-state index in [0.717, 1.165) is 11.3 Å². The molecule has 1 aliphatic heterocycles. The summed E-state index contributed by atoms with van der Waals surface area (Å²) in [4.78, 5) is 1.20. The number of ether oxygens (including phenoxy) is 1. The number of fused-ring (bicyclic) bond motifs is 1. The number of methoxy groups -OCH3 is 1. The van der Waals surface area contributed by atoms with E-state index in [-0.39, 0.29) is 11.1 Å². The number of para-hydroxylation sites is 2. The van der Waals surface area contributed by atoms with Gasteiger partial charge in [-0.05, 0) is 18.2 Å². The summed E-state index contributed by atoms with van der Waals surface area (Å²) in [6, 6.07) is 13.7. The van der Waals surface area contributed by atoms with Crippen molar-refractivity contribution in [2.75, 3.05) is 12.4 Å². The van der Waals surface area contributed by atoms with Crippen LogP contribution in [0, 0.1) is 0 Å². The Hall–Kier alpha value is -1.81. The first-order valence-corrected chi connectivity index (χ1v) is 6.55. The minimum atomic E-state index is 0.0255. The van der Waals surface area contributed by atoms with E-state index >= 15 is 0 Å². The average Bonchev–Trinajstić information content (AvgIpc) is 2.82. The Balaban J connectivity index is 1.95. The number of rotatable bonds is 2. The first-order valence-electron chi connectivity index (χ1n) is 5.67. The Morgan fingerprint density at radius 1 is 1.17 bits per heavy atom. The van der Waals surface area contributed by atoms with Gasteiger partial charge in [0.2, 0.25) is 0 Å². The van der Waals surface area contributed by atoms with Crippen molar-refractivity contribution in [3.63, 3.8) is 0 Å². The molecule has 0 aromatic heterocycles. The van der Waals surface area contributed by atoms with Gasteiger partial charge in [0.05, 0.1) is 7.11 Å². The predicted molar refractivity (Wildman–Crippen MR) is 73.3 cm³/mol. The lowest BCUT2D eigenvalue weighted by Gasteiger charge is -2.14. The van der Waals surface area contributed by atoms with E-state index in [1.54, 1.807) is 24.9 Å². The Kier molecular flexibility index (Phi) is 2.80. The lowest BCUT2D eigenvalue weighted by Crippen LogP contribution is -2.02. The molecule has 2 aromatic rings. The third kappa shape index (κ3) is 1.78. The molecule has 92 valence electrons. The van der Waals surface area contributed by atoms with Crippen molar-refractivity contribution >= 4 is 17.4 Å². The smallest absolute Gasteiger partial charge is 0.163 e. The summed E-state index contributed by atoms with van der Waals surface area (Å²) in [5.41, 5.74) is 1.95. The molecule has 0 radical (unpaired) electrons. The van der Waals surface area contributed by atoms with Gasteiger partial charge in [0.1, 0.15) is 5.37 Å². The van der Waals surface area contributed by atoms with Crippen LogP contribution in [0.1, 0.15) is 10.9 Å². The van der Waals surface area contributed by atoms with Crippen molar-refractivity contribution in [2.45, 2.75) is 10.3 Å². The molecule has 0 bridgehead atoms. The van der Waals surface area contributed by atoms with E-state index in [0.29, 0.717) is 5.75 Å². The second kappa shape index (κ2) is 4.46. The fourth-order valence-electron chi connectivity index (χ4n) is 2.04. The van der Waals surface area contributed by atoms with E-state index in [9.17, 15) is 5.11 Å². The standard InChI is InChI=1S/C14H13NO2S/c1-17-11-7-4-5-9(13(11)16)14-15-10-6-2-3-8-12(10)18-14/h2-8,14-16H,1H3. The van der Waals surface area contributed by atoms with Crippen molar-refractivity contribution in [3.05, 3.63) is 48.0 Å². The van der Waals surface area contributed by atoms with Gasteiger partial charge in [-0.15, -0.1) is 0 Å². The van der Waals surface area contributed by atoms with Crippen molar-refractivity contribution in [1.29, 1.82) is 0 Å². The lowest BCUT2D eigenvalue weighted by atomic mass is 10.1. The van der Waals surface area contributed by atoms with Crippen LogP contribution < -0.4 is 10.1 Å². The Morgan fingerprint density at radius 3 is 2.78 bits per heavy atom. The molecule has 2 aromatic carbocycles. The second-order valence-corrected chi connectivity index (χ2v) is 5.18. The van der Waals surface area contributed by atoms with Crippen molar-refractivity contribution < 1.29 is 9.84 Å². The third-order valence-corrected chi connectivity index (χ3v) is 4.17. The maximum atomic E-state index is 10.1. The SMILES string of the molecule is COc1cccc(C2Nc3ccccc3S2)c1O. The van der Waals surface area contributed by atoms with Crippen molar-refractivity contribution in [1.82, 2.24) is 0 Å². The average molecular weight is 259 g/mol. The van der Waals surface area contributed by atoms with Gasteiger partial charge in [-0.2, -0.15) is 0 Å². The quantitative estimate of drug-likeness (QED) is 0.864. The largest absolute Gasteiger partial charge is 0.504 e. The number of hydrogen-bond acceptors (Lipinski definition) is 4. The molecule has 0 spiro atoms. The molecule has 18 heavy (non-hydrogen) atoms. The van der Waals surface area contributed by atoms with Crippen LogP contribution in [0.2, 0.25) is 0 Å². The number of benzene rings is 2. The van der Waals surface area contributed by atoms with Gasteiger partial charge >= 0.3 is 0 Å². The number of hydrogen-bond donors (Lipinski definition) is 2. The topological polar surface area (TPSA) is 41.5 Å². The molecule has 1 atom stereocenters. The molecular formula is C14H13NO2S. The third-order valence-electron chi connectivity index (χ3n) is 2.95. The van der Waals surface area contributed by atoms with E-state index in [1.165, 1.54) is 4.90 Å². The Labute approximate surface area is 110 Å². The maximum absolute atomic E-state index is 10.1. The maximum Gasteiger partial charge on any atom is 0.163 e. The highest BCUT2D eigenvalue weighted by atomic mass is 32.2. The molecule has 3 rings (SSSR count). The van der Waals surface area contributed by atoms with E-state index in [2.05, 4.69) is 11.4 Å². The number of phenols is 1. The minimum absolute atomic E-state index is 0.0255. The molecule has 0 aliphatic carbocycles. The number of phenolic OH excluding ortho intramolecular Hbond substituents is 1. The van der Waals surface area contributed by atoms with Crippen LogP contribution in [-0.2, 0) is 0 Å². The fourth-order valence-corrected chi connectivity index (χ4v) is 3.21. The van der Waals surface area contributed by atoms with Crippen molar-refractivity contribution in [2.24, 2.45) is 0 Å². The van der Waals surface area contributed by atoms with Crippen LogP contribution in [0.3, 0.4) is 0 Å². The zero-order valence-electron chi connectivity index (χ0n) is 9.88. The van der Waals surface area contributed by atoms with Crippen LogP contribution in [-0.4, -0.2) is 12.2 Å². The van der Waals surface area contributed by atoms with Crippen LogP contribution in [0.25, 0.3) is 0 Å². The van der Waals surface area contributed by atoms with Gasteiger partial charge in [0.15, 0.2) is 11.5 Å². The summed E-state index contributed by atoms with van der Waals surface area (Å²) in [6.45, 7) is 0.